The summed E-state index contributed by atoms with van der Waals surface area (Å²) in [6.07, 6.45) is 0. The molecule has 0 N–H and O–H groups in total. The maximum Gasteiger partial charge on any atom is 0.136 e. The molecule has 0 aliphatic heterocycles. The van der Waals surface area contributed by atoms with Crippen LogP contribution in [-0.2, 0) is 0 Å². The number of hydrogen-bond donors (Lipinski definition) is 0. The van der Waals surface area contributed by atoms with Crippen LogP contribution in [0.15, 0.2) is 189 Å². The van der Waals surface area contributed by atoms with Crippen LogP contribution in [-0.4, -0.2) is 0 Å². The first-order chi connectivity index (χ1) is 28.5. The van der Waals surface area contributed by atoms with Crippen LogP contribution >= 0.6 is 0 Å². The Bertz CT molecular complexity index is 3720. The summed E-state index contributed by atoms with van der Waals surface area (Å²) in [4.78, 5) is 0. The Morgan fingerprint density at radius 3 is 1.41 bits per heavy atom. The first-order valence-electron chi connectivity index (χ1n) is 19.8. The molecule has 0 aliphatic carbocycles. The molecule has 0 saturated heterocycles. The summed E-state index contributed by atoms with van der Waals surface area (Å²) in [5.74, 6) is 0. The number of furan rings is 3. The van der Waals surface area contributed by atoms with Gasteiger partial charge in [0.05, 0.1) is 0 Å². The first kappa shape index (κ1) is 33.9. The van der Waals surface area contributed by atoms with Gasteiger partial charge in [0.1, 0.15) is 33.5 Å². The van der Waals surface area contributed by atoms with Crippen molar-refractivity contribution in [2.45, 2.75) is 20.8 Å². The second-order valence-electron chi connectivity index (χ2n) is 15.4. The summed E-state index contributed by atoms with van der Waals surface area (Å²) < 4.78 is 18.0. The summed E-state index contributed by atoms with van der Waals surface area (Å²) >= 11 is 0. The van der Waals surface area contributed by atoms with E-state index in [0.29, 0.717) is 0 Å². The average Bonchev–Trinajstić information content (AvgIpc) is 3.93. The molecule has 10 aromatic carbocycles. The molecule has 0 unspecified atom stereocenters. The van der Waals surface area contributed by atoms with E-state index in [9.17, 15) is 0 Å². The molecule has 0 spiro atoms. The van der Waals surface area contributed by atoms with E-state index in [2.05, 4.69) is 197 Å². The fraction of sp³-hybridized carbons (Fsp3) is 0.0545. The fourth-order valence-electron chi connectivity index (χ4n) is 8.80. The fourth-order valence-corrected chi connectivity index (χ4v) is 8.80. The molecular formula is C55H38O3. The molecule has 58 heavy (non-hydrogen) atoms. The number of rotatable bonds is 0. The van der Waals surface area contributed by atoms with Gasteiger partial charge in [-0.2, -0.15) is 0 Å². The zero-order chi connectivity index (χ0) is 38.9. The molecule has 3 aromatic heterocycles. The number of aryl methyl sites for hydroxylation is 3. The van der Waals surface area contributed by atoms with Gasteiger partial charge in [0, 0.05) is 32.3 Å². The minimum absolute atomic E-state index is 0.962. The second-order valence-corrected chi connectivity index (χ2v) is 15.4. The molecule has 0 radical (unpaired) electrons. The van der Waals surface area contributed by atoms with Crippen molar-refractivity contribution in [1.29, 1.82) is 0 Å². The molecule has 3 nitrogen and oxygen atoms in total. The molecule has 3 heterocycles. The van der Waals surface area contributed by atoms with Crippen molar-refractivity contribution in [2.24, 2.45) is 0 Å². The summed E-state index contributed by atoms with van der Waals surface area (Å²) in [6.45, 7) is 6.32. The van der Waals surface area contributed by atoms with Crippen LogP contribution in [0.25, 0.3) is 109 Å². The lowest BCUT2D eigenvalue weighted by molar-refractivity contribution is 0.668. The lowest BCUT2D eigenvalue weighted by Crippen LogP contribution is -1.80. The highest BCUT2D eigenvalue weighted by atomic mass is 16.3. The van der Waals surface area contributed by atoms with Gasteiger partial charge in [-0.25, -0.2) is 0 Å². The molecule has 0 atom stereocenters. The first-order valence-corrected chi connectivity index (χ1v) is 19.8. The van der Waals surface area contributed by atoms with Gasteiger partial charge in [-0.05, 0) is 123 Å². The molecular weight excluding hydrogens is 709 g/mol. The van der Waals surface area contributed by atoms with E-state index >= 15 is 0 Å². The van der Waals surface area contributed by atoms with Crippen molar-refractivity contribution < 1.29 is 13.3 Å². The maximum absolute atomic E-state index is 6.15. The van der Waals surface area contributed by atoms with E-state index in [4.69, 9.17) is 13.3 Å². The highest BCUT2D eigenvalue weighted by molar-refractivity contribution is 6.27. The van der Waals surface area contributed by atoms with E-state index in [1.165, 1.54) is 92.1 Å². The third-order valence-electron chi connectivity index (χ3n) is 11.6. The van der Waals surface area contributed by atoms with Crippen molar-refractivity contribution in [1.82, 2.24) is 0 Å². The molecule has 0 aliphatic rings. The monoisotopic (exact) mass is 746 g/mol. The van der Waals surface area contributed by atoms with Crippen LogP contribution in [0.5, 0.6) is 0 Å². The highest BCUT2D eigenvalue weighted by Crippen LogP contribution is 2.40. The van der Waals surface area contributed by atoms with Gasteiger partial charge in [0.25, 0.3) is 0 Å². The summed E-state index contributed by atoms with van der Waals surface area (Å²) in [5.41, 5.74) is 9.53. The SMILES string of the molecule is Cc1cc2oc3ccc4ccccc4c3c2c2ccccc12.Cc1ccc2c(c1)oc1cc3ccccc3cc12.Cc1ccc2c(c1)oc1ccc3ccccc3c12. The van der Waals surface area contributed by atoms with Crippen LogP contribution in [0.1, 0.15) is 16.7 Å². The van der Waals surface area contributed by atoms with Crippen molar-refractivity contribution in [3.05, 3.63) is 193 Å². The van der Waals surface area contributed by atoms with Gasteiger partial charge in [-0.1, -0.05) is 133 Å². The van der Waals surface area contributed by atoms with Crippen molar-refractivity contribution >= 4 is 109 Å². The smallest absolute Gasteiger partial charge is 0.136 e. The predicted molar refractivity (Wildman–Crippen MR) is 245 cm³/mol. The Kier molecular flexibility index (Phi) is 7.84. The standard InChI is InChI=1S/C21H14O.2C17H12O/c1-13-12-19-21(17-9-5-4-7-15(13)17)20-16-8-3-2-6-14(16)10-11-18(20)22-19;1-11-6-8-14-16(10-11)18-15-9-7-12-4-2-3-5-13(12)17(14)15;1-11-6-7-14-15-9-12-4-2-3-5-13(12)10-17(15)18-16(14)8-11/h2-12H,1H3;2*2-10H,1H3. The van der Waals surface area contributed by atoms with E-state index in [1.54, 1.807) is 0 Å². The Balaban J connectivity index is 0.000000100. The van der Waals surface area contributed by atoms with Crippen LogP contribution in [0.3, 0.4) is 0 Å². The predicted octanol–water partition coefficient (Wildman–Crippen LogP) is 16.3. The summed E-state index contributed by atoms with van der Waals surface area (Å²) in [6, 6.07) is 61.6. The lowest BCUT2D eigenvalue weighted by Gasteiger charge is -2.04. The van der Waals surface area contributed by atoms with Gasteiger partial charge in [-0.15, -0.1) is 0 Å². The largest absolute Gasteiger partial charge is 0.456 e. The molecule has 13 aromatic rings. The van der Waals surface area contributed by atoms with Crippen LogP contribution in [0, 0.1) is 20.8 Å². The highest BCUT2D eigenvalue weighted by Gasteiger charge is 2.15. The van der Waals surface area contributed by atoms with E-state index in [0.717, 1.165) is 33.5 Å². The Hall–Kier alpha value is -7.36. The number of benzene rings is 10. The second kappa shape index (κ2) is 13.4. The molecule has 13 rings (SSSR count). The molecule has 0 saturated carbocycles. The van der Waals surface area contributed by atoms with Crippen molar-refractivity contribution in [3.63, 3.8) is 0 Å². The molecule has 276 valence electrons. The molecule has 3 heteroatoms. The molecule has 0 fully saturated rings. The van der Waals surface area contributed by atoms with E-state index in [1.807, 2.05) is 0 Å². The number of fused-ring (bicyclic) bond motifs is 16. The van der Waals surface area contributed by atoms with Gasteiger partial charge >= 0.3 is 0 Å². The van der Waals surface area contributed by atoms with Crippen molar-refractivity contribution in [3.8, 4) is 0 Å². The van der Waals surface area contributed by atoms with Gasteiger partial charge < -0.3 is 13.3 Å². The van der Waals surface area contributed by atoms with Crippen LogP contribution in [0.4, 0.5) is 0 Å². The van der Waals surface area contributed by atoms with Gasteiger partial charge in [0.15, 0.2) is 0 Å². The normalized spacial score (nSPS) is 11.7. The number of hydrogen-bond acceptors (Lipinski definition) is 3. The third kappa shape index (κ3) is 5.58. The van der Waals surface area contributed by atoms with Crippen LogP contribution in [0.2, 0.25) is 0 Å². The summed E-state index contributed by atoms with van der Waals surface area (Å²) in [7, 11) is 0. The minimum atomic E-state index is 0.962. The summed E-state index contributed by atoms with van der Waals surface area (Å²) in [5, 5.41) is 17.4. The average molecular weight is 747 g/mol. The topological polar surface area (TPSA) is 39.4 Å². The van der Waals surface area contributed by atoms with Gasteiger partial charge in [0.2, 0.25) is 0 Å². The Labute approximate surface area is 334 Å². The molecule has 0 bridgehead atoms. The zero-order valence-electron chi connectivity index (χ0n) is 32.5. The molecule has 0 amide bonds. The van der Waals surface area contributed by atoms with E-state index in [-0.39, 0.29) is 0 Å². The Morgan fingerprint density at radius 2 is 0.724 bits per heavy atom. The lowest BCUT2D eigenvalue weighted by atomic mass is 9.97. The van der Waals surface area contributed by atoms with Crippen LogP contribution < -0.4 is 0 Å². The Morgan fingerprint density at radius 1 is 0.259 bits per heavy atom. The van der Waals surface area contributed by atoms with E-state index < -0.39 is 0 Å². The van der Waals surface area contributed by atoms with Gasteiger partial charge in [-0.3, -0.25) is 0 Å². The zero-order valence-corrected chi connectivity index (χ0v) is 32.5. The third-order valence-corrected chi connectivity index (χ3v) is 11.6. The quantitative estimate of drug-likeness (QED) is 0.155. The van der Waals surface area contributed by atoms with Crippen molar-refractivity contribution in [2.75, 3.05) is 0 Å². The maximum atomic E-state index is 6.15. The minimum Gasteiger partial charge on any atom is -0.456 e.